The van der Waals surface area contributed by atoms with E-state index in [1.807, 2.05) is 36.4 Å². The van der Waals surface area contributed by atoms with Gasteiger partial charge in [0.2, 0.25) is 0 Å². The second kappa shape index (κ2) is 17.3. The van der Waals surface area contributed by atoms with E-state index < -0.39 is 5.41 Å². The van der Waals surface area contributed by atoms with Crippen molar-refractivity contribution in [3.63, 3.8) is 0 Å². The monoisotopic (exact) mass is 807 g/mol. The normalized spacial score (nSPS) is 29.4. The van der Waals surface area contributed by atoms with Crippen LogP contribution in [0.1, 0.15) is 102 Å². The first-order chi connectivity index (χ1) is 29.3. The van der Waals surface area contributed by atoms with Crippen molar-refractivity contribution in [1.82, 2.24) is 5.32 Å². The van der Waals surface area contributed by atoms with E-state index in [0.717, 1.165) is 78.5 Å². The summed E-state index contributed by atoms with van der Waals surface area (Å²) in [5.74, 6) is 1.26. The Morgan fingerprint density at radius 3 is 2.47 bits per heavy atom. The van der Waals surface area contributed by atoms with Crippen LogP contribution in [0.2, 0.25) is 0 Å². The molecule has 3 heterocycles. The van der Waals surface area contributed by atoms with Crippen molar-refractivity contribution in [1.29, 1.82) is 0 Å². The van der Waals surface area contributed by atoms with Gasteiger partial charge in [0.05, 0.1) is 11.0 Å². The topological polar surface area (TPSA) is 105 Å². The SMILES string of the molecule is CCCCC[C@@H]1C[C@H]([C@H](CO)C/C=C2\OC(=O)C3=C2CC[C@H]2[C@H]4CC[C@]5(C(=C4c4cc(O)ccc4-c4ccccc4)C(=O)O/C5=C\[C@H](CC)Cc4ccccc4)[C@@H]32)CCN1. The van der Waals surface area contributed by atoms with Crippen LogP contribution in [0.25, 0.3) is 16.7 Å². The van der Waals surface area contributed by atoms with E-state index in [1.165, 1.54) is 31.2 Å². The molecule has 3 fully saturated rings. The summed E-state index contributed by atoms with van der Waals surface area (Å²) in [5, 5.41) is 25.5. The lowest BCUT2D eigenvalue weighted by Gasteiger charge is -2.56. The van der Waals surface area contributed by atoms with E-state index in [-0.39, 0.29) is 53.9 Å². The quantitative estimate of drug-likeness (QED) is 0.110. The molecule has 0 unspecified atom stereocenters. The zero-order valence-electron chi connectivity index (χ0n) is 35.3. The van der Waals surface area contributed by atoms with Gasteiger partial charge < -0.3 is 25.0 Å². The molecule has 3 aliphatic heterocycles. The van der Waals surface area contributed by atoms with Crippen molar-refractivity contribution in [2.75, 3.05) is 13.2 Å². The highest BCUT2D eigenvalue weighted by Gasteiger charge is 2.68. The van der Waals surface area contributed by atoms with E-state index in [4.69, 9.17) is 9.47 Å². The molecule has 3 N–H and O–H groups in total. The Morgan fingerprint density at radius 2 is 1.70 bits per heavy atom. The van der Waals surface area contributed by atoms with Crippen LogP contribution >= 0.6 is 0 Å². The molecule has 4 aliphatic carbocycles. The Hall–Kier alpha value is -4.72. The summed E-state index contributed by atoms with van der Waals surface area (Å²) in [6.07, 6.45) is 16.7. The number of phenols is 1. The Morgan fingerprint density at radius 1 is 0.900 bits per heavy atom. The number of fused-ring (bicyclic) bond motifs is 1. The number of esters is 2. The maximum Gasteiger partial charge on any atom is 0.340 e. The third-order valence-electron chi connectivity index (χ3n) is 15.2. The number of ether oxygens (including phenoxy) is 2. The van der Waals surface area contributed by atoms with Gasteiger partial charge in [-0.1, -0.05) is 99.8 Å². The zero-order chi connectivity index (χ0) is 41.4. The van der Waals surface area contributed by atoms with Crippen LogP contribution in [0.3, 0.4) is 0 Å². The number of carbonyl (C=O) groups is 2. The number of unbranched alkanes of at least 4 members (excludes halogenated alkanes) is 2. The number of hydrogen-bond acceptors (Lipinski definition) is 7. The second-order valence-corrected chi connectivity index (χ2v) is 18.4. The smallest absolute Gasteiger partial charge is 0.340 e. The Labute approximate surface area is 355 Å². The first kappa shape index (κ1) is 40.7. The second-order valence-electron chi connectivity index (χ2n) is 18.4. The summed E-state index contributed by atoms with van der Waals surface area (Å²) in [7, 11) is 0. The number of carbonyl (C=O) groups excluding carboxylic acids is 2. The predicted octanol–water partition coefficient (Wildman–Crippen LogP) is 10.6. The minimum absolute atomic E-state index is 0.00633. The molecule has 1 spiro atoms. The highest BCUT2D eigenvalue weighted by atomic mass is 16.5. The summed E-state index contributed by atoms with van der Waals surface area (Å²) in [6, 6.07) is 26.7. The largest absolute Gasteiger partial charge is 0.508 e. The number of cyclic esters (lactones) is 2. The van der Waals surface area contributed by atoms with Crippen LogP contribution in [0.15, 0.2) is 119 Å². The molecule has 2 saturated heterocycles. The molecule has 7 aliphatic rings. The molecule has 0 radical (unpaired) electrons. The molecule has 3 aromatic rings. The number of nitrogens with one attached hydrogen (secondary N) is 1. The Kier molecular flexibility index (Phi) is 11.8. The van der Waals surface area contributed by atoms with Gasteiger partial charge in [0.1, 0.15) is 17.3 Å². The number of rotatable bonds is 14. The fourth-order valence-electron chi connectivity index (χ4n) is 12.3. The molecule has 0 amide bonds. The highest BCUT2D eigenvalue weighted by molar-refractivity contribution is 6.07. The van der Waals surface area contributed by atoms with E-state index in [2.05, 4.69) is 67.7 Å². The average Bonchev–Trinajstić information content (AvgIpc) is 3.76. The lowest BCUT2D eigenvalue weighted by atomic mass is 9.44. The Bertz CT molecular complexity index is 2220. The third-order valence-corrected chi connectivity index (χ3v) is 15.2. The van der Waals surface area contributed by atoms with Crippen molar-refractivity contribution in [2.45, 2.75) is 103 Å². The molecule has 8 atom stereocenters. The van der Waals surface area contributed by atoms with Crippen LogP contribution in [0, 0.1) is 40.9 Å². The molecular formula is C53H61NO6. The van der Waals surface area contributed by atoms with Crippen molar-refractivity contribution < 1.29 is 29.3 Å². The average molecular weight is 808 g/mol. The fraction of sp³-hybridized carbons (Fsp3) is 0.472. The number of aromatic hydroxyl groups is 1. The van der Waals surface area contributed by atoms with Gasteiger partial charge in [-0.2, -0.15) is 0 Å². The third kappa shape index (κ3) is 7.30. The Balaban J connectivity index is 1.14. The van der Waals surface area contributed by atoms with Gasteiger partial charge in [-0.25, -0.2) is 9.59 Å². The number of hydrogen-bond donors (Lipinski definition) is 3. The fourth-order valence-corrected chi connectivity index (χ4v) is 12.3. The number of piperidine rings is 1. The summed E-state index contributed by atoms with van der Waals surface area (Å²) in [4.78, 5) is 29.3. The van der Waals surface area contributed by atoms with Gasteiger partial charge >= 0.3 is 11.9 Å². The highest BCUT2D eigenvalue weighted by Crippen LogP contribution is 2.72. The molecule has 10 rings (SSSR count). The standard InChI is InChI=1S/C53H61NO6/c1-3-5-8-17-38-30-36(25-27-54-38)37(32-55)18-23-45-43-22-21-42-41-24-26-53(49(42)48(43)51(57)59-45)46(29-33(4-2)28-34-13-9-6-10-14-34)60-52(58)50(53)47(41)44-31-39(56)19-20-40(44)35-15-11-7-12-16-35/h6-7,9-16,19-20,23,29,31,33,36-38,41-42,49,54-56H,3-5,8,17-18,21-22,24-28,30,32H2,1-2H3/b45-23-,46-29-/t33-,36-,37+,38-,41-,42+,49-,53-/m1/s1. The summed E-state index contributed by atoms with van der Waals surface area (Å²) in [5.41, 5.74) is 6.55. The van der Waals surface area contributed by atoms with Crippen LogP contribution in [-0.2, 0) is 25.5 Å². The molecule has 3 aromatic carbocycles. The van der Waals surface area contributed by atoms with E-state index in [1.54, 1.807) is 6.07 Å². The van der Waals surface area contributed by atoms with Gasteiger partial charge in [0, 0.05) is 29.7 Å². The van der Waals surface area contributed by atoms with Crippen LogP contribution in [-0.4, -0.2) is 41.3 Å². The first-order valence-electron chi connectivity index (χ1n) is 23.0. The molecule has 7 heteroatoms. The number of phenolic OH excluding ortho intramolecular Hbond substituents is 1. The summed E-state index contributed by atoms with van der Waals surface area (Å²) >= 11 is 0. The van der Waals surface area contributed by atoms with Crippen LogP contribution < -0.4 is 5.32 Å². The van der Waals surface area contributed by atoms with Crippen molar-refractivity contribution in [2.24, 2.45) is 40.9 Å². The van der Waals surface area contributed by atoms with E-state index >= 15 is 0 Å². The van der Waals surface area contributed by atoms with E-state index in [0.29, 0.717) is 48.3 Å². The molecule has 2 bridgehead atoms. The zero-order valence-corrected chi connectivity index (χ0v) is 35.3. The number of allylic oxidation sites excluding steroid dienone is 5. The van der Waals surface area contributed by atoms with Crippen LogP contribution in [0.5, 0.6) is 5.75 Å². The first-order valence-corrected chi connectivity index (χ1v) is 23.0. The van der Waals surface area contributed by atoms with Gasteiger partial charge in [-0.3, -0.25) is 0 Å². The van der Waals surface area contributed by atoms with Gasteiger partial charge in [-0.05, 0) is 152 Å². The maximum atomic E-state index is 14.8. The van der Waals surface area contributed by atoms with E-state index in [9.17, 15) is 19.8 Å². The minimum Gasteiger partial charge on any atom is -0.508 e. The molecule has 60 heavy (non-hydrogen) atoms. The molecule has 0 aromatic heterocycles. The van der Waals surface area contributed by atoms with Crippen LogP contribution in [0.4, 0.5) is 0 Å². The van der Waals surface area contributed by atoms with Gasteiger partial charge in [0.25, 0.3) is 0 Å². The van der Waals surface area contributed by atoms with Gasteiger partial charge in [-0.15, -0.1) is 0 Å². The molecular weight excluding hydrogens is 747 g/mol. The lowest BCUT2D eigenvalue weighted by Crippen LogP contribution is -2.52. The van der Waals surface area contributed by atoms with Gasteiger partial charge in [0.15, 0.2) is 0 Å². The maximum absolute atomic E-state index is 14.8. The predicted molar refractivity (Wildman–Crippen MR) is 235 cm³/mol. The molecule has 1 saturated carbocycles. The minimum atomic E-state index is -0.847. The van der Waals surface area contributed by atoms with Crippen molar-refractivity contribution in [3.8, 4) is 16.9 Å². The number of aliphatic hydroxyl groups is 1. The number of benzene rings is 3. The lowest BCUT2D eigenvalue weighted by molar-refractivity contribution is -0.135. The number of aliphatic hydroxyl groups excluding tert-OH is 1. The molecule has 314 valence electrons. The summed E-state index contributed by atoms with van der Waals surface area (Å²) < 4.78 is 12.9. The van der Waals surface area contributed by atoms with Crippen molar-refractivity contribution >= 4 is 17.5 Å². The van der Waals surface area contributed by atoms with Crippen molar-refractivity contribution in [3.05, 3.63) is 130 Å². The molecule has 7 nitrogen and oxygen atoms in total. The summed E-state index contributed by atoms with van der Waals surface area (Å²) in [6.45, 7) is 5.51.